The molecule has 9 heteroatoms. The second kappa shape index (κ2) is 8.22. The fourth-order valence-corrected chi connectivity index (χ4v) is 2.76. The lowest BCUT2D eigenvalue weighted by molar-refractivity contribution is -0.141. The number of nitrogens with zero attached hydrogens (tertiary/aromatic N) is 2. The summed E-state index contributed by atoms with van der Waals surface area (Å²) in [7, 11) is 0. The van der Waals surface area contributed by atoms with Crippen LogP contribution in [0.3, 0.4) is 0 Å². The topological polar surface area (TPSA) is 70.1 Å². The van der Waals surface area contributed by atoms with E-state index in [1.54, 1.807) is 6.07 Å². The van der Waals surface area contributed by atoms with E-state index in [0.717, 1.165) is 11.6 Å². The zero-order valence-electron chi connectivity index (χ0n) is 14.5. The van der Waals surface area contributed by atoms with Gasteiger partial charge in [-0.2, -0.15) is 18.2 Å². The maximum Gasteiger partial charge on any atom is 0.433 e. The Bertz CT molecular complexity index is 768. The summed E-state index contributed by atoms with van der Waals surface area (Å²) in [5, 5.41) is 15.0. The Balaban J connectivity index is 2.39. The van der Waals surface area contributed by atoms with Crippen LogP contribution in [0.2, 0.25) is 0 Å². The van der Waals surface area contributed by atoms with Gasteiger partial charge in [0.25, 0.3) is 0 Å². The number of alkyl halides is 3. The summed E-state index contributed by atoms with van der Waals surface area (Å²) in [6.07, 6.45) is -4.62. The quantitative estimate of drug-likeness (QED) is 0.614. The number of aromatic nitrogens is 2. The van der Waals surface area contributed by atoms with Crippen LogP contribution in [-0.4, -0.2) is 27.7 Å². The monoisotopic (exact) mass is 432 g/mol. The van der Waals surface area contributed by atoms with Gasteiger partial charge in [-0.1, -0.05) is 19.9 Å². The predicted octanol–water partition coefficient (Wildman–Crippen LogP) is 4.74. The molecule has 0 aliphatic rings. The van der Waals surface area contributed by atoms with Gasteiger partial charge in [0.05, 0.1) is 18.3 Å². The highest BCUT2D eigenvalue weighted by Gasteiger charge is 2.34. The van der Waals surface area contributed by atoms with Crippen LogP contribution in [0.4, 0.5) is 30.6 Å². The molecule has 5 nitrogen and oxygen atoms in total. The SMILES string of the molecule is Cc1ccc(Nc2cc(C(F)(F)F)nc(N[C@@H](CO)C(C)C)n2)c(Br)c1. The van der Waals surface area contributed by atoms with E-state index in [1.807, 2.05) is 32.9 Å². The standard InChI is InChI=1S/C17H20BrF3N4O/c1-9(2)13(8-26)23-16-24-14(17(19,20)21)7-15(25-16)22-12-5-4-10(3)6-11(12)18/h4-7,9,13,26H,8H2,1-3H3,(H2,22,23,24,25)/t13-/m0/s1. The number of nitrogens with one attached hydrogen (secondary N) is 2. The molecule has 0 saturated heterocycles. The summed E-state index contributed by atoms with van der Waals surface area (Å²) in [4.78, 5) is 7.65. The Morgan fingerprint density at radius 1 is 1.19 bits per heavy atom. The molecule has 0 aliphatic carbocycles. The summed E-state index contributed by atoms with van der Waals surface area (Å²) >= 11 is 3.37. The molecule has 0 saturated carbocycles. The van der Waals surface area contributed by atoms with E-state index >= 15 is 0 Å². The van der Waals surface area contributed by atoms with Gasteiger partial charge in [0.2, 0.25) is 5.95 Å². The molecule has 0 radical (unpaired) electrons. The van der Waals surface area contributed by atoms with Gasteiger partial charge >= 0.3 is 6.18 Å². The van der Waals surface area contributed by atoms with Gasteiger partial charge in [0.15, 0.2) is 5.69 Å². The van der Waals surface area contributed by atoms with E-state index in [2.05, 4.69) is 36.5 Å². The fraction of sp³-hybridized carbons (Fsp3) is 0.412. The molecule has 2 rings (SSSR count). The number of aliphatic hydroxyl groups is 1. The Labute approximate surface area is 158 Å². The van der Waals surface area contributed by atoms with E-state index < -0.39 is 17.9 Å². The first-order valence-corrected chi connectivity index (χ1v) is 8.76. The number of hydrogen-bond donors (Lipinski definition) is 3. The number of anilines is 3. The molecule has 1 atom stereocenters. The lowest BCUT2D eigenvalue weighted by atomic mass is 10.1. The van der Waals surface area contributed by atoms with E-state index in [0.29, 0.717) is 10.2 Å². The van der Waals surface area contributed by atoms with Gasteiger partial charge in [-0.25, -0.2) is 4.98 Å². The highest BCUT2D eigenvalue weighted by atomic mass is 79.9. The molecular formula is C17H20BrF3N4O. The Hall–Kier alpha value is -1.87. The predicted molar refractivity (Wildman–Crippen MR) is 98.5 cm³/mol. The smallest absolute Gasteiger partial charge is 0.394 e. The number of halogens is 4. The van der Waals surface area contributed by atoms with E-state index in [-0.39, 0.29) is 24.3 Å². The highest BCUT2D eigenvalue weighted by Crippen LogP contribution is 2.32. The molecule has 2 aromatic rings. The third-order valence-electron chi connectivity index (χ3n) is 3.72. The molecule has 0 unspecified atom stereocenters. The number of hydrogen-bond acceptors (Lipinski definition) is 5. The number of aliphatic hydroxyl groups excluding tert-OH is 1. The van der Waals surface area contributed by atoms with E-state index in [9.17, 15) is 18.3 Å². The van der Waals surface area contributed by atoms with Gasteiger partial charge in [-0.05, 0) is 46.5 Å². The fourth-order valence-electron chi connectivity index (χ4n) is 2.17. The van der Waals surface area contributed by atoms with Crippen molar-refractivity contribution in [2.75, 3.05) is 17.2 Å². The second-order valence-electron chi connectivity index (χ2n) is 6.25. The van der Waals surface area contributed by atoms with Crippen LogP contribution in [0.1, 0.15) is 25.1 Å². The minimum absolute atomic E-state index is 0.000163. The summed E-state index contributed by atoms with van der Waals surface area (Å²) < 4.78 is 40.3. The van der Waals surface area contributed by atoms with Crippen molar-refractivity contribution in [2.24, 2.45) is 5.92 Å². The van der Waals surface area contributed by atoms with Gasteiger partial charge in [-0.15, -0.1) is 0 Å². The minimum atomic E-state index is -4.62. The molecule has 0 amide bonds. The summed E-state index contributed by atoms with van der Waals surface area (Å²) in [5.74, 6) is -0.209. The summed E-state index contributed by atoms with van der Waals surface area (Å²) in [6.45, 7) is 5.33. The molecule has 0 fully saturated rings. The average Bonchev–Trinajstić information content (AvgIpc) is 2.54. The first kappa shape index (κ1) is 20.4. The maximum absolute atomic E-state index is 13.2. The van der Waals surface area contributed by atoms with Crippen molar-refractivity contribution in [3.63, 3.8) is 0 Å². The van der Waals surface area contributed by atoms with Crippen molar-refractivity contribution in [3.05, 3.63) is 40.0 Å². The van der Waals surface area contributed by atoms with Crippen molar-refractivity contribution < 1.29 is 18.3 Å². The Kier molecular flexibility index (Phi) is 6.46. The van der Waals surface area contributed by atoms with Crippen LogP contribution in [-0.2, 0) is 6.18 Å². The Morgan fingerprint density at radius 2 is 1.88 bits per heavy atom. The third kappa shape index (κ3) is 5.31. The van der Waals surface area contributed by atoms with Crippen molar-refractivity contribution in [1.82, 2.24) is 9.97 Å². The van der Waals surface area contributed by atoms with Gasteiger partial charge in [0, 0.05) is 10.5 Å². The van der Waals surface area contributed by atoms with Crippen molar-refractivity contribution in [1.29, 1.82) is 0 Å². The second-order valence-corrected chi connectivity index (χ2v) is 7.10. The molecule has 1 heterocycles. The number of aryl methyl sites for hydroxylation is 1. The van der Waals surface area contributed by atoms with Crippen LogP contribution in [0.15, 0.2) is 28.7 Å². The van der Waals surface area contributed by atoms with Gasteiger partial charge < -0.3 is 15.7 Å². The van der Waals surface area contributed by atoms with Crippen LogP contribution < -0.4 is 10.6 Å². The number of benzene rings is 1. The molecular weight excluding hydrogens is 413 g/mol. The molecule has 142 valence electrons. The molecule has 1 aromatic heterocycles. The zero-order valence-corrected chi connectivity index (χ0v) is 16.1. The molecule has 3 N–H and O–H groups in total. The molecule has 0 aliphatic heterocycles. The van der Waals surface area contributed by atoms with Crippen molar-refractivity contribution in [2.45, 2.75) is 33.0 Å². The highest BCUT2D eigenvalue weighted by molar-refractivity contribution is 9.10. The molecule has 0 spiro atoms. The normalized spacial score (nSPS) is 13.0. The summed E-state index contributed by atoms with van der Waals surface area (Å²) in [6, 6.07) is 5.80. The first-order valence-electron chi connectivity index (χ1n) is 7.97. The first-order chi connectivity index (χ1) is 12.1. The van der Waals surface area contributed by atoms with Crippen LogP contribution in [0.25, 0.3) is 0 Å². The van der Waals surface area contributed by atoms with Gasteiger partial charge in [0.1, 0.15) is 5.82 Å². The zero-order chi connectivity index (χ0) is 19.5. The van der Waals surface area contributed by atoms with Gasteiger partial charge in [-0.3, -0.25) is 0 Å². The third-order valence-corrected chi connectivity index (χ3v) is 4.38. The van der Waals surface area contributed by atoms with E-state index in [1.165, 1.54) is 0 Å². The largest absolute Gasteiger partial charge is 0.433 e. The Morgan fingerprint density at radius 3 is 2.42 bits per heavy atom. The van der Waals surface area contributed by atoms with Crippen molar-refractivity contribution >= 4 is 33.4 Å². The lowest BCUT2D eigenvalue weighted by Gasteiger charge is -2.21. The van der Waals surface area contributed by atoms with Crippen LogP contribution in [0.5, 0.6) is 0 Å². The lowest BCUT2D eigenvalue weighted by Crippen LogP contribution is -2.30. The molecule has 0 bridgehead atoms. The molecule has 26 heavy (non-hydrogen) atoms. The minimum Gasteiger partial charge on any atom is -0.394 e. The molecule has 1 aromatic carbocycles. The average molecular weight is 433 g/mol. The van der Waals surface area contributed by atoms with Crippen LogP contribution in [0, 0.1) is 12.8 Å². The maximum atomic E-state index is 13.2. The summed E-state index contributed by atoms with van der Waals surface area (Å²) in [5.41, 5.74) is 0.517. The number of rotatable bonds is 6. The van der Waals surface area contributed by atoms with Crippen molar-refractivity contribution in [3.8, 4) is 0 Å². The van der Waals surface area contributed by atoms with E-state index in [4.69, 9.17) is 0 Å². The van der Waals surface area contributed by atoms with Crippen LogP contribution >= 0.6 is 15.9 Å².